The summed E-state index contributed by atoms with van der Waals surface area (Å²) in [5.74, 6) is 0.973. The molecule has 0 amide bonds. The van der Waals surface area contributed by atoms with Crippen molar-refractivity contribution in [2.24, 2.45) is 7.05 Å². The molecule has 4 heteroatoms. The van der Waals surface area contributed by atoms with Gasteiger partial charge in [-0.15, -0.1) is 0 Å². The van der Waals surface area contributed by atoms with Crippen molar-refractivity contribution in [2.45, 2.75) is 6.17 Å². The van der Waals surface area contributed by atoms with Crippen LogP contribution in [0.3, 0.4) is 0 Å². The van der Waals surface area contributed by atoms with Crippen molar-refractivity contribution in [1.29, 1.82) is 0 Å². The third-order valence-electron chi connectivity index (χ3n) is 8.60. The molecule has 0 saturated heterocycles. The first-order valence-corrected chi connectivity index (χ1v) is 14.4. The fourth-order valence-electron chi connectivity index (χ4n) is 6.52. The Hall–Kier alpha value is -5.35. The number of nitrogens with one attached hydrogen (secondary N) is 1. The van der Waals surface area contributed by atoms with Crippen LogP contribution < -0.4 is 10.2 Å². The lowest BCUT2D eigenvalue weighted by molar-refractivity contribution is 0.792. The van der Waals surface area contributed by atoms with Crippen molar-refractivity contribution in [3.63, 3.8) is 0 Å². The Kier molecular flexibility index (Phi) is 5.61. The summed E-state index contributed by atoms with van der Waals surface area (Å²) >= 11 is 0. The van der Waals surface area contributed by atoms with Gasteiger partial charge in [-0.1, -0.05) is 97.1 Å². The van der Waals surface area contributed by atoms with Crippen LogP contribution in [0, 0.1) is 0 Å². The first kappa shape index (κ1) is 24.4. The van der Waals surface area contributed by atoms with E-state index in [4.69, 9.17) is 4.98 Å². The van der Waals surface area contributed by atoms with E-state index in [0.717, 1.165) is 22.4 Å². The quantitative estimate of drug-likeness (QED) is 0.241. The predicted molar refractivity (Wildman–Crippen MR) is 176 cm³/mol. The number of imidazole rings is 1. The predicted octanol–water partition coefficient (Wildman–Crippen LogP) is 9.29. The van der Waals surface area contributed by atoms with Crippen molar-refractivity contribution in [2.75, 3.05) is 17.3 Å². The number of nitrogens with zero attached hydrogens (tertiary/aromatic N) is 3. The third-order valence-corrected chi connectivity index (χ3v) is 8.60. The highest BCUT2D eigenvalue weighted by atomic mass is 15.3. The van der Waals surface area contributed by atoms with E-state index in [0.29, 0.717) is 0 Å². The largest absolute Gasteiger partial charge is 0.360 e. The maximum Gasteiger partial charge on any atom is 0.140 e. The van der Waals surface area contributed by atoms with Crippen molar-refractivity contribution < 1.29 is 0 Å². The van der Waals surface area contributed by atoms with Crippen LogP contribution in [0.4, 0.5) is 11.4 Å². The highest BCUT2D eigenvalue weighted by Gasteiger charge is 2.26. The minimum Gasteiger partial charge on any atom is -0.360 e. The second-order valence-corrected chi connectivity index (χ2v) is 11.1. The molecule has 1 aliphatic heterocycles. The number of anilines is 2. The van der Waals surface area contributed by atoms with Gasteiger partial charge in [0.1, 0.15) is 12.0 Å². The maximum atomic E-state index is 4.97. The average Bonchev–Trinajstić information content (AvgIpc) is 3.57. The standard InChI is InChI=1S/C38H30N4/c1-41-34-21-5-3-19-32(34)39-37(41)28-15-7-13-26(23-28)30-17-9-11-25-12-10-18-31(36(25)30)27-14-8-16-29(24-27)38-40-33-20-4-6-22-35(33)42(38)2/h3-24,37,39H,1-2H3. The van der Waals surface area contributed by atoms with Gasteiger partial charge in [-0.3, -0.25) is 0 Å². The number of hydrogen-bond acceptors (Lipinski definition) is 3. The first-order chi connectivity index (χ1) is 20.7. The maximum absolute atomic E-state index is 4.97. The summed E-state index contributed by atoms with van der Waals surface area (Å²) < 4.78 is 2.18. The third kappa shape index (κ3) is 3.87. The zero-order chi connectivity index (χ0) is 28.2. The number of aryl methyl sites for hydroxylation is 1. The fraction of sp³-hybridized carbons (Fsp3) is 0.0789. The van der Waals surface area contributed by atoms with E-state index in [1.54, 1.807) is 0 Å². The van der Waals surface area contributed by atoms with Gasteiger partial charge in [0.05, 0.1) is 22.4 Å². The Bertz CT molecular complexity index is 2120. The average molecular weight is 543 g/mol. The summed E-state index contributed by atoms with van der Waals surface area (Å²) in [4.78, 5) is 7.28. The van der Waals surface area contributed by atoms with Gasteiger partial charge in [-0.05, 0) is 75.0 Å². The Morgan fingerprint density at radius 1 is 0.619 bits per heavy atom. The van der Waals surface area contributed by atoms with Crippen molar-refractivity contribution >= 4 is 33.2 Å². The molecule has 7 aromatic rings. The molecule has 1 N–H and O–H groups in total. The lowest BCUT2D eigenvalue weighted by Gasteiger charge is -2.23. The number of para-hydroxylation sites is 4. The first-order valence-electron chi connectivity index (χ1n) is 14.4. The highest BCUT2D eigenvalue weighted by Crippen LogP contribution is 2.42. The summed E-state index contributed by atoms with van der Waals surface area (Å²) in [5, 5.41) is 6.20. The molecule has 2 heterocycles. The highest BCUT2D eigenvalue weighted by molar-refractivity contribution is 6.06. The summed E-state index contributed by atoms with van der Waals surface area (Å²) in [5.41, 5.74) is 11.7. The van der Waals surface area contributed by atoms with Crippen LogP contribution in [0.15, 0.2) is 133 Å². The van der Waals surface area contributed by atoms with Crippen LogP contribution in [-0.4, -0.2) is 16.6 Å². The SMILES string of the molecule is CN1c2ccccc2NC1c1cccc(-c2cccc3cccc(-c4cccc(-c5nc6ccccc6n5C)c4)c23)c1. The van der Waals surface area contributed by atoms with Crippen LogP contribution in [0.5, 0.6) is 0 Å². The van der Waals surface area contributed by atoms with Crippen molar-refractivity contribution in [3.8, 4) is 33.6 Å². The van der Waals surface area contributed by atoms with E-state index in [1.165, 1.54) is 50.0 Å². The molecule has 1 atom stereocenters. The number of benzene rings is 6. The van der Waals surface area contributed by atoms with Gasteiger partial charge < -0.3 is 14.8 Å². The van der Waals surface area contributed by atoms with Crippen LogP contribution in [0.2, 0.25) is 0 Å². The van der Waals surface area contributed by atoms with Crippen molar-refractivity contribution in [3.05, 3.63) is 139 Å². The molecule has 0 fully saturated rings. The Morgan fingerprint density at radius 3 is 2.07 bits per heavy atom. The second-order valence-electron chi connectivity index (χ2n) is 11.1. The zero-order valence-corrected chi connectivity index (χ0v) is 23.6. The van der Waals surface area contributed by atoms with Gasteiger partial charge in [0, 0.05) is 19.7 Å². The molecule has 1 aromatic heterocycles. The Morgan fingerprint density at radius 2 is 1.29 bits per heavy atom. The molecule has 202 valence electrons. The molecule has 0 saturated carbocycles. The molecule has 6 aromatic carbocycles. The van der Waals surface area contributed by atoms with Crippen molar-refractivity contribution in [1.82, 2.24) is 9.55 Å². The van der Waals surface area contributed by atoms with E-state index in [9.17, 15) is 0 Å². The van der Waals surface area contributed by atoms with E-state index in [1.807, 2.05) is 6.07 Å². The lowest BCUT2D eigenvalue weighted by atomic mass is 9.90. The molecule has 1 unspecified atom stereocenters. The van der Waals surface area contributed by atoms with E-state index in [2.05, 4.69) is 156 Å². The van der Waals surface area contributed by atoms with E-state index in [-0.39, 0.29) is 6.17 Å². The second kappa shape index (κ2) is 9.64. The number of fused-ring (bicyclic) bond motifs is 3. The van der Waals surface area contributed by atoms with Gasteiger partial charge in [-0.2, -0.15) is 0 Å². The molecule has 1 aliphatic rings. The molecule has 42 heavy (non-hydrogen) atoms. The van der Waals surface area contributed by atoms with Gasteiger partial charge in [-0.25, -0.2) is 4.98 Å². The summed E-state index contributed by atoms with van der Waals surface area (Å²) in [7, 11) is 4.25. The number of hydrogen-bond donors (Lipinski definition) is 1. The monoisotopic (exact) mass is 542 g/mol. The van der Waals surface area contributed by atoms with Gasteiger partial charge in [0.2, 0.25) is 0 Å². The number of rotatable bonds is 4. The molecule has 0 bridgehead atoms. The fourth-order valence-corrected chi connectivity index (χ4v) is 6.52. The normalized spacial score (nSPS) is 14.3. The van der Waals surface area contributed by atoms with Gasteiger partial charge >= 0.3 is 0 Å². The molecular weight excluding hydrogens is 512 g/mol. The summed E-state index contributed by atoms with van der Waals surface area (Å²) in [6.45, 7) is 0. The number of aromatic nitrogens is 2. The minimum absolute atomic E-state index is 0.0850. The molecule has 4 nitrogen and oxygen atoms in total. The lowest BCUT2D eigenvalue weighted by Crippen LogP contribution is -2.23. The van der Waals surface area contributed by atoms with Crippen LogP contribution in [0.25, 0.3) is 55.4 Å². The van der Waals surface area contributed by atoms with Gasteiger partial charge in [0.25, 0.3) is 0 Å². The van der Waals surface area contributed by atoms with Crippen LogP contribution in [-0.2, 0) is 7.05 Å². The topological polar surface area (TPSA) is 33.1 Å². The zero-order valence-electron chi connectivity index (χ0n) is 23.6. The smallest absolute Gasteiger partial charge is 0.140 e. The molecule has 8 rings (SSSR count). The molecular formula is C38H30N4. The van der Waals surface area contributed by atoms with Crippen LogP contribution >= 0.6 is 0 Å². The minimum atomic E-state index is 0.0850. The Labute approximate surface area is 245 Å². The van der Waals surface area contributed by atoms with E-state index >= 15 is 0 Å². The summed E-state index contributed by atoms with van der Waals surface area (Å²) in [6, 6.07) is 47.8. The molecule has 0 radical (unpaired) electrons. The molecule has 0 aliphatic carbocycles. The Balaban J connectivity index is 1.24. The van der Waals surface area contributed by atoms with Crippen LogP contribution in [0.1, 0.15) is 11.7 Å². The van der Waals surface area contributed by atoms with E-state index < -0.39 is 0 Å². The van der Waals surface area contributed by atoms with Gasteiger partial charge in [0.15, 0.2) is 0 Å². The summed E-state index contributed by atoms with van der Waals surface area (Å²) in [6.07, 6.45) is 0.0850. The molecule has 0 spiro atoms.